The third kappa shape index (κ3) is 19.1. The van der Waals surface area contributed by atoms with Gasteiger partial charge in [0.2, 0.25) is 1.43 Å². The standard InChI is InChI=1S/C3H3F5O.2C2H3F3O/c4-2(5,1-9)3(6,7)8;2*3-2(4,5)1-6/h9H,1H2;2*6H,1H2/i9D;1D2;. The summed E-state index contributed by atoms with van der Waals surface area (Å²) in [6.45, 7) is -7.75. The van der Waals surface area contributed by atoms with Crippen molar-refractivity contribution >= 4 is 0 Å². The van der Waals surface area contributed by atoms with E-state index in [1.54, 1.807) is 0 Å². The Balaban J connectivity index is -0.000000285. The lowest BCUT2D eigenvalue weighted by Gasteiger charge is -2.15. The quantitative estimate of drug-likeness (QED) is 0.668. The fourth-order valence-corrected chi connectivity index (χ4v) is 0.0818. The predicted octanol–water partition coefficient (Wildman–Crippen LogP) is 2.26. The molecule has 0 saturated heterocycles. The maximum absolute atomic E-state index is 11.6. The van der Waals surface area contributed by atoms with Crippen LogP contribution in [0.25, 0.3) is 0 Å². The van der Waals surface area contributed by atoms with Gasteiger partial charge in [0.1, 0.15) is 19.8 Å². The van der Waals surface area contributed by atoms with Gasteiger partial charge in [-0.05, 0) is 0 Å². The van der Waals surface area contributed by atoms with Gasteiger partial charge >= 0.3 is 24.5 Å². The van der Waals surface area contributed by atoms with Crippen LogP contribution in [0.3, 0.4) is 0 Å². The molecule has 14 heteroatoms. The maximum atomic E-state index is 11.6. The summed E-state index contributed by atoms with van der Waals surface area (Å²) in [5.74, 6) is -4.92. The Morgan fingerprint density at radius 2 is 1.00 bits per heavy atom. The zero-order valence-corrected chi connectivity index (χ0v) is 9.37. The van der Waals surface area contributed by atoms with Crippen LogP contribution in [0.4, 0.5) is 48.3 Å². The van der Waals surface area contributed by atoms with Crippen LogP contribution in [0.2, 0.25) is 0 Å². The molecule has 0 radical (unpaired) electrons. The van der Waals surface area contributed by atoms with E-state index in [0.29, 0.717) is 0 Å². The minimum Gasteiger partial charge on any atom is -0.390 e. The molecule has 0 rings (SSSR count). The molecule has 21 heavy (non-hydrogen) atoms. The Morgan fingerprint density at radius 1 is 0.714 bits per heavy atom. The van der Waals surface area contributed by atoms with Crippen LogP contribution in [0.15, 0.2) is 0 Å². The summed E-state index contributed by atoms with van der Waals surface area (Å²) >= 11 is 0. The van der Waals surface area contributed by atoms with E-state index in [0.717, 1.165) is 0 Å². The van der Waals surface area contributed by atoms with Gasteiger partial charge in [-0.15, -0.1) is 0 Å². The predicted molar refractivity (Wildman–Crippen MR) is 44.4 cm³/mol. The van der Waals surface area contributed by atoms with Crippen LogP contribution >= 0.6 is 0 Å². The molecule has 0 aliphatic rings. The fourth-order valence-electron chi connectivity index (χ4n) is 0.0818. The van der Waals surface area contributed by atoms with Crippen molar-refractivity contribution in [1.29, 1.82) is 1.43 Å². The van der Waals surface area contributed by atoms with Crippen molar-refractivity contribution in [3.8, 4) is 0 Å². The monoisotopic (exact) mass is 353 g/mol. The molecule has 0 unspecified atom stereocenters. The SMILES string of the molecule is OCC(F)(F)F.[2H]C([2H])(O)C(F)(F)F.[2H]OCC(F)(F)C(F)(F)F. The van der Waals surface area contributed by atoms with Crippen molar-refractivity contribution in [2.24, 2.45) is 0 Å². The van der Waals surface area contributed by atoms with Gasteiger partial charge in [0.25, 0.3) is 0 Å². The second kappa shape index (κ2) is 9.19. The van der Waals surface area contributed by atoms with Crippen LogP contribution in [-0.4, -0.2) is 61.0 Å². The molecule has 3 N–H and O–H groups in total. The van der Waals surface area contributed by atoms with E-state index in [1.165, 1.54) is 0 Å². The summed E-state index contributed by atoms with van der Waals surface area (Å²) in [4.78, 5) is 0. The summed E-state index contributed by atoms with van der Waals surface area (Å²) in [6, 6.07) is 0. The number of aliphatic hydroxyl groups excluding tert-OH is 2. The zero-order valence-electron chi connectivity index (χ0n) is 12.4. The Bertz CT molecular complexity index is 322. The second-order valence-electron chi connectivity index (χ2n) is 2.73. The van der Waals surface area contributed by atoms with E-state index in [4.69, 9.17) is 14.4 Å². The topological polar surface area (TPSA) is 60.7 Å². The molecular formula is C7H9F11O3. The van der Waals surface area contributed by atoms with E-state index < -0.39 is 44.2 Å². The first-order valence-electron chi connectivity index (χ1n) is 5.52. The lowest BCUT2D eigenvalue weighted by Crippen LogP contribution is -2.39. The third-order valence-electron chi connectivity index (χ3n) is 0.902. The van der Waals surface area contributed by atoms with Crippen LogP contribution in [0, 0.1) is 0 Å². The summed E-state index contributed by atoms with van der Waals surface area (Å²) in [5.41, 5.74) is 0. The number of hydrogen-bond acceptors (Lipinski definition) is 3. The number of halogens is 11. The van der Waals surface area contributed by atoms with E-state index in [9.17, 15) is 48.3 Å². The minimum atomic E-state index is -5.63. The summed E-state index contributed by atoms with van der Waals surface area (Å²) in [6.07, 6.45) is -15.2. The highest BCUT2D eigenvalue weighted by atomic mass is 19.4. The molecule has 3 nitrogen and oxygen atoms in total. The summed E-state index contributed by atoms with van der Waals surface area (Å²) in [5, 5.41) is 17.8. The Hall–Kier alpha value is -0.890. The van der Waals surface area contributed by atoms with Crippen molar-refractivity contribution in [1.82, 2.24) is 0 Å². The molecule has 0 fully saturated rings. The number of hydrogen-bond donors (Lipinski definition) is 3. The van der Waals surface area contributed by atoms with Crippen molar-refractivity contribution in [3.63, 3.8) is 0 Å². The lowest BCUT2D eigenvalue weighted by atomic mass is 10.3. The van der Waals surface area contributed by atoms with E-state index in [2.05, 4.69) is 5.11 Å². The highest BCUT2D eigenvalue weighted by Gasteiger charge is 2.56. The Morgan fingerprint density at radius 3 is 1.05 bits per heavy atom. The van der Waals surface area contributed by atoms with Gasteiger partial charge in [-0.25, -0.2) is 0 Å². The first kappa shape index (κ1) is 18.2. The van der Waals surface area contributed by atoms with Gasteiger partial charge in [0.15, 0.2) is 0 Å². The smallest absolute Gasteiger partial charge is 0.390 e. The van der Waals surface area contributed by atoms with Crippen molar-refractivity contribution in [2.45, 2.75) is 24.5 Å². The van der Waals surface area contributed by atoms with E-state index >= 15 is 0 Å². The van der Waals surface area contributed by atoms with Crippen molar-refractivity contribution in [2.75, 3.05) is 19.8 Å². The number of rotatable bonds is 2. The average molecular weight is 353 g/mol. The molecule has 132 valence electrons. The zero-order chi connectivity index (χ0) is 20.6. The molecule has 0 aromatic heterocycles. The third-order valence-corrected chi connectivity index (χ3v) is 0.902. The molecule has 0 aromatic rings. The van der Waals surface area contributed by atoms with Gasteiger partial charge in [-0.3, -0.25) is 0 Å². The van der Waals surface area contributed by atoms with Gasteiger partial charge in [-0.1, -0.05) is 0 Å². The Labute approximate surface area is 113 Å². The highest BCUT2D eigenvalue weighted by Crippen LogP contribution is 2.34. The van der Waals surface area contributed by atoms with Crippen LogP contribution in [0.5, 0.6) is 0 Å². The molecule has 0 saturated carbocycles. The van der Waals surface area contributed by atoms with Gasteiger partial charge in [-0.2, -0.15) is 48.3 Å². The molecule has 0 aliphatic carbocycles. The molecule has 0 heterocycles. The number of aliphatic hydroxyl groups is 3. The molecule has 0 spiro atoms. The molecule has 0 aromatic carbocycles. The fraction of sp³-hybridized carbons (Fsp3) is 1.00. The lowest BCUT2D eigenvalue weighted by molar-refractivity contribution is -0.292. The maximum Gasteiger partial charge on any atom is 0.455 e. The molecule has 0 bridgehead atoms. The minimum absolute atomic E-state index is 1.73. The van der Waals surface area contributed by atoms with Gasteiger partial charge < -0.3 is 15.3 Å². The van der Waals surface area contributed by atoms with Gasteiger partial charge in [0.05, 0.1) is 2.74 Å². The van der Waals surface area contributed by atoms with Crippen LogP contribution < -0.4 is 0 Å². The molecule has 0 amide bonds. The van der Waals surface area contributed by atoms with E-state index in [1.807, 2.05) is 0 Å². The summed E-state index contributed by atoms with van der Waals surface area (Å²) < 4.78 is 138. The summed E-state index contributed by atoms with van der Waals surface area (Å²) in [7, 11) is 0. The van der Waals surface area contributed by atoms with Gasteiger partial charge in [0, 0.05) is 0 Å². The first-order valence-corrected chi connectivity index (χ1v) is 4.11. The second-order valence-corrected chi connectivity index (χ2v) is 2.73. The average Bonchev–Trinajstić information content (AvgIpc) is 2.25. The normalized spacial score (nSPS) is 15.6. The van der Waals surface area contributed by atoms with Crippen LogP contribution in [-0.2, 0) is 0 Å². The van der Waals surface area contributed by atoms with E-state index in [-0.39, 0.29) is 0 Å². The molecule has 0 atom stereocenters. The first-order chi connectivity index (χ1) is 10.1. The molecular weight excluding hydrogens is 341 g/mol. The van der Waals surface area contributed by atoms with Crippen LogP contribution in [0.1, 0.15) is 2.74 Å². The Kier molecular flexibility index (Phi) is 7.95. The highest BCUT2D eigenvalue weighted by molar-refractivity contribution is 4.73. The van der Waals surface area contributed by atoms with Crippen molar-refractivity contribution in [3.05, 3.63) is 0 Å². The van der Waals surface area contributed by atoms with Crippen molar-refractivity contribution < 1.29 is 66.4 Å². The largest absolute Gasteiger partial charge is 0.455 e. The number of alkyl halides is 11. The molecule has 0 aliphatic heterocycles.